The van der Waals surface area contributed by atoms with E-state index in [1.807, 2.05) is 7.05 Å². The Bertz CT molecular complexity index is 416. The summed E-state index contributed by atoms with van der Waals surface area (Å²) in [5, 5.41) is 12.0. The van der Waals surface area contributed by atoms with Crippen molar-refractivity contribution in [2.45, 2.75) is 70.1 Å². The van der Waals surface area contributed by atoms with Crippen LogP contribution in [0.5, 0.6) is 0 Å². The number of hydrogen-bond acceptors (Lipinski definition) is 4. The third-order valence-corrected chi connectivity index (χ3v) is 4.94. The maximum Gasteiger partial charge on any atom is 0.146 e. The fourth-order valence-electron chi connectivity index (χ4n) is 3.87. The van der Waals surface area contributed by atoms with Crippen LogP contribution in [-0.2, 0) is 13.6 Å². The quantitative estimate of drug-likeness (QED) is 0.890. The number of nitrogens with one attached hydrogen (secondary N) is 1. The van der Waals surface area contributed by atoms with E-state index < -0.39 is 0 Å². The summed E-state index contributed by atoms with van der Waals surface area (Å²) in [4.78, 5) is 2.69. The lowest BCUT2D eigenvalue weighted by Gasteiger charge is -2.49. The van der Waals surface area contributed by atoms with Gasteiger partial charge in [0.15, 0.2) is 0 Å². The molecule has 0 amide bonds. The molecule has 0 aromatic carbocycles. The Labute approximate surface area is 121 Å². The zero-order chi connectivity index (χ0) is 13.9. The normalized spacial score (nSPS) is 30.6. The zero-order valence-electron chi connectivity index (χ0n) is 12.8. The van der Waals surface area contributed by atoms with Gasteiger partial charge >= 0.3 is 0 Å². The Morgan fingerprint density at radius 2 is 2.05 bits per heavy atom. The number of fused-ring (bicyclic) bond motifs is 2. The molecule has 2 atom stereocenters. The SMILES string of the molecule is CCCNC1CC2CCCC(C1)N2Cc1nncn1C. The van der Waals surface area contributed by atoms with Crippen molar-refractivity contribution in [1.82, 2.24) is 25.0 Å². The minimum Gasteiger partial charge on any atom is -0.320 e. The highest BCUT2D eigenvalue weighted by Crippen LogP contribution is 2.34. The van der Waals surface area contributed by atoms with Crippen LogP contribution >= 0.6 is 0 Å². The lowest BCUT2D eigenvalue weighted by molar-refractivity contribution is 0.0151. The predicted octanol–water partition coefficient (Wildman–Crippen LogP) is 1.70. The lowest BCUT2D eigenvalue weighted by atomic mass is 9.81. The van der Waals surface area contributed by atoms with E-state index in [9.17, 15) is 0 Å². The summed E-state index contributed by atoms with van der Waals surface area (Å²) in [6, 6.07) is 2.18. The minimum atomic E-state index is 0.723. The molecule has 20 heavy (non-hydrogen) atoms. The molecule has 1 N–H and O–H groups in total. The molecule has 0 radical (unpaired) electrons. The highest BCUT2D eigenvalue weighted by Gasteiger charge is 2.38. The molecule has 2 fully saturated rings. The molecular weight excluding hydrogens is 250 g/mol. The van der Waals surface area contributed by atoms with Crippen LogP contribution in [0.4, 0.5) is 0 Å². The van der Waals surface area contributed by atoms with Gasteiger partial charge in [0, 0.05) is 25.2 Å². The van der Waals surface area contributed by atoms with Gasteiger partial charge in [-0.15, -0.1) is 10.2 Å². The summed E-state index contributed by atoms with van der Waals surface area (Å²) in [7, 11) is 2.04. The van der Waals surface area contributed by atoms with Crippen molar-refractivity contribution in [3.05, 3.63) is 12.2 Å². The number of aryl methyl sites for hydroxylation is 1. The molecule has 1 aromatic rings. The molecule has 1 aromatic heterocycles. The van der Waals surface area contributed by atoms with Crippen LogP contribution in [0.1, 0.15) is 51.3 Å². The molecule has 2 aliphatic heterocycles. The van der Waals surface area contributed by atoms with Crippen molar-refractivity contribution in [2.75, 3.05) is 6.54 Å². The Morgan fingerprint density at radius 1 is 1.30 bits per heavy atom. The van der Waals surface area contributed by atoms with Gasteiger partial charge in [-0.1, -0.05) is 13.3 Å². The molecule has 3 heterocycles. The van der Waals surface area contributed by atoms with Gasteiger partial charge in [-0.25, -0.2) is 0 Å². The zero-order valence-corrected chi connectivity index (χ0v) is 12.8. The van der Waals surface area contributed by atoms with Gasteiger partial charge in [0.25, 0.3) is 0 Å². The fraction of sp³-hybridized carbons (Fsp3) is 0.867. The highest BCUT2D eigenvalue weighted by atomic mass is 15.3. The lowest BCUT2D eigenvalue weighted by Crippen LogP contribution is -2.56. The molecule has 0 saturated carbocycles. The van der Waals surface area contributed by atoms with Gasteiger partial charge in [-0.3, -0.25) is 4.90 Å². The molecule has 0 aliphatic carbocycles. The van der Waals surface area contributed by atoms with Crippen molar-refractivity contribution < 1.29 is 0 Å². The van der Waals surface area contributed by atoms with Gasteiger partial charge in [0.2, 0.25) is 0 Å². The first kappa shape index (κ1) is 14.0. The summed E-state index contributed by atoms with van der Waals surface area (Å²) in [5.74, 6) is 1.10. The van der Waals surface area contributed by atoms with Crippen LogP contribution in [0.2, 0.25) is 0 Å². The van der Waals surface area contributed by atoms with Gasteiger partial charge in [0.05, 0.1) is 6.54 Å². The number of nitrogens with zero attached hydrogens (tertiary/aromatic N) is 4. The molecule has 5 nitrogen and oxygen atoms in total. The van der Waals surface area contributed by atoms with E-state index in [4.69, 9.17) is 0 Å². The number of aromatic nitrogens is 3. The van der Waals surface area contributed by atoms with Crippen molar-refractivity contribution >= 4 is 0 Å². The standard InChI is InChI=1S/C15H27N5/c1-3-7-16-12-8-13-5-4-6-14(9-12)20(13)10-15-18-17-11-19(15)2/h11-14,16H,3-10H2,1-2H3. The molecular formula is C15H27N5. The fourth-order valence-corrected chi connectivity index (χ4v) is 3.87. The topological polar surface area (TPSA) is 46.0 Å². The van der Waals surface area contributed by atoms with E-state index in [-0.39, 0.29) is 0 Å². The molecule has 2 bridgehead atoms. The molecule has 112 valence electrons. The first-order valence-corrected chi connectivity index (χ1v) is 8.10. The first-order valence-electron chi connectivity index (χ1n) is 8.10. The molecule has 5 heteroatoms. The largest absolute Gasteiger partial charge is 0.320 e. The number of piperidine rings is 2. The Hall–Kier alpha value is -0.940. The van der Waals surface area contributed by atoms with Gasteiger partial charge in [-0.2, -0.15) is 0 Å². The summed E-state index contributed by atoms with van der Waals surface area (Å²) in [6.07, 6.45) is 9.72. The second kappa shape index (κ2) is 6.22. The average molecular weight is 277 g/mol. The predicted molar refractivity (Wildman–Crippen MR) is 79.3 cm³/mol. The molecule has 0 spiro atoms. The molecule has 2 unspecified atom stereocenters. The monoisotopic (exact) mass is 277 g/mol. The average Bonchev–Trinajstić information content (AvgIpc) is 2.82. The number of rotatable bonds is 5. The maximum absolute atomic E-state index is 4.26. The Kier molecular flexibility index (Phi) is 4.36. The summed E-state index contributed by atoms with van der Waals surface area (Å²) >= 11 is 0. The van der Waals surface area contributed by atoms with Crippen molar-refractivity contribution in [1.29, 1.82) is 0 Å². The second-order valence-corrected chi connectivity index (χ2v) is 6.39. The van der Waals surface area contributed by atoms with Crippen molar-refractivity contribution in [2.24, 2.45) is 7.05 Å². The van der Waals surface area contributed by atoms with E-state index in [1.165, 1.54) is 38.5 Å². The smallest absolute Gasteiger partial charge is 0.146 e. The third-order valence-electron chi connectivity index (χ3n) is 4.94. The van der Waals surface area contributed by atoms with Gasteiger partial charge < -0.3 is 9.88 Å². The summed E-state index contributed by atoms with van der Waals surface area (Å²) < 4.78 is 2.05. The van der Waals surface area contributed by atoms with E-state index in [2.05, 4.69) is 31.9 Å². The minimum absolute atomic E-state index is 0.723. The third kappa shape index (κ3) is 2.88. The van der Waals surface area contributed by atoms with Crippen LogP contribution in [-0.4, -0.2) is 44.3 Å². The molecule has 2 aliphatic rings. The van der Waals surface area contributed by atoms with Crippen molar-refractivity contribution in [3.63, 3.8) is 0 Å². The summed E-state index contributed by atoms with van der Waals surface area (Å²) in [5.41, 5.74) is 0. The Balaban J connectivity index is 1.65. The maximum atomic E-state index is 4.26. The van der Waals surface area contributed by atoms with Gasteiger partial charge in [-0.05, 0) is 38.6 Å². The molecule has 2 saturated heterocycles. The highest BCUT2D eigenvalue weighted by molar-refractivity contribution is 4.97. The van der Waals surface area contributed by atoms with Crippen LogP contribution in [0.15, 0.2) is 6.33 Å². The van der Waals surface area contributed by atoms with Gasteiger partial charge in [0.1, 0.15) is 12.2 Å². The van der Waals surface area contributed by atoms with E-state index >= 15 is 0 Å². The number of hydrogen-bond donors (Lipinski definition) is 1. The van der Waals surface area contributed by atoms with Crippen LogP contribution in [0.25, 0.3) is 0 Å². The van der Waals surface area contributed by atoms with Crippen LogP contribution in [0, 0.1) is 0 Å². The van der Waals surface area contributed by atoms with E-state index in [1.54, 1.807) is 6.33 Å². The Morgan fingerprint density at radius 3 is 2.65 bits per heavy atom. The summed E-state index contributed by atoms with van der Waals surface area (Å²) in [6.45, 7) is 4.37. The first-order chi connectivity index (χ1) is 9.78. The molecule has 3 rings (SSSR count). The van der Waals surface area contributed by atoms with Crippen LogP contribution < -0.4 is 5.32 Å². The van der Waals surface area contributed by atoms with E-state index in [0.717, 1.165) is 37.0 Å². The second-order valence-electron chi connectivity index (χ2n) is 6.39. The van der Waals surface area contributed by atoms with Crippen molar-refractivity contribution in [3.8, 4) is 0 Å². The van der Waals surface area contributed by atoms with Crippen LogP contribution in [0.3, 0.4) is 0 Å². The van der Waals surface area contributed by atoms with E-state index in [0.29, 0.717) is 0 Å².